The molecule has 2 aromatic rings. The fourth-order valence-electron chi connectivity index (χ4n) is 3.08. The van der Waals surface area contributed by atoms with Crippen molar-refractivity contribution in [3.8, 4) is 10.6 Å². The van der Waals surface area contributed by atoms with Crippen LogP contribution in [0.2, 0.25) is 0 Å². The van der Waals surface area contributed by atoms with Crippen molar-refractivity contribution in [1.82, 2.24) is 25.0 Å². The van der Waals surface area contributed by atoms with Gasteiger partial charge in [-0.3, -0.25) is 9.48 Å². The molecule has 0 saturated carbocycles. The van der Waals surface area contributed by atoms with Gasteiger partial charge in [0, 0.05) is 49.9 Å². The minimum absolute atomic E-state index is 0.0660. The van der Waals surface area contributed by atoms with Gasteiger partial charge >= 0.3 is 0 Å². The van der Waals surface area contributed by atoms with Crippen molar-refractivity contribution in [2.24, 2.45) is 13.0 Å². The number of hydrogen-bond acceptors (Lipinski definition) is 5. The standard InChI is InChI=1S/C17H25N5OS/c1-12(2)9-22-6-4-14(5-7-22)19-16(23)15-11-24-17(20-15)13-8-18-21(3)10-13/h8,10-12,14H,4-7,9H2,1-3H3,(H,19,23). The van der Waals surface area contributed by atoms with Gasteiger partial charge in [-0.1, -0.05) is 13.8 Å². The van der Waals surface area contributed by atoms with Crippen molar-refractivity contribution >= 4 is 17.2 Å². The van der Waals surface area contributed by atoms with Crippen LogP contribution in [-0.4, -0.2) is 51.2 Å². The highest BCUT2D eigenvalue weighted by molar-refractivity contribution is 7.13. The van der Waals surface area contributed by atoms with Crippen LogP contribution in [0.15, 0.2) is 17.8 Å². The number of rotatable bonds is 5. The zero-order chi connectivity index (χ0) is 17.1. The van der Waals surface area contributed by atoms with Gasteiger partial charge < -0.3 is 10.2 Å². The second-order valence-corrected chi connectivity index (χ2v) is 7.74. The summed E-state index contributed by atoms with van der Waals surface area (Å²) >= 11 is 1.48. The zero-order valence-electron chi connectivity index (χ0n) is 14.5. The normalized spacial score (nSPS) is 16.7. The van der Waals surface area contributed by atoms with Crippen LogP contribution >= 0.6 is 11.3 Å². The van der Waals surface area contributed by atoms with E-state index < -0.39 is 0 Å². The van der Waals surface area contributed by atoms with Gasteiger partial charge in [-0.2, -0.15) is 5.10 Å². The average molecular weight is 347 g/mol. The van der Waals surface area contributed by atoms with E-state index in [1.807, 2.05) is 18.6 Å². The van der Waals surface area contributed by atoms with Gasteiger partial charge in [0.25, 0.3) is 5.91 Å². The second kappa shape index (κ2) is 7.44. The number of carbonyl (C=O) groups excluding carboxylic acids is 1. The molecule has 3 rings (SSSR count). The number of hydrogen-bond donors (Lipinski definition) is 1. The van der Waals surface area contributed by atoms with Gasteiger partial charge in [0.1, 0.15) is 10.7 Å². The molecule has 0 bridgehead atoms. The van der Waals surface area contributed by atoms with Crippen molar-refractivity contribution < 1.29 is 4.79 Å². The molecule has 1 fully saturated rings. The van der Waals surface area contributed by atoms with Gasteiger partial charge in [-0.05, 0) is 18.8 Å². The van der Waals surface area contributed by atoms with Gasteiger partial charge in [-0.15, -0.1) is 11.3 Å². The Morgan fingerprint density at radius 3 is 2.79 bits per heavy atom. The lowest BCUT2D eigenvalue weighted by Crippen LogP contribution is -2.45. The summed E-state index contributed by atoms with van der Waals surface area (Å²) in [7, 11) is 1.87. The Morgan fingerprint density at radius 2 is 2.17 bits per heavy atom. The number of likely N-dealkylation sites (tertiary alicyclic amines) is 1. The molecule has 0 unspecified atom stereocenters. The summed E-state index contributed by atoms with van der Waals surface area (Å²) in [6.45, 7) is 7.75. The number of amides is 1. The van der Waals surface area contributed by atoms with Crippen molar-refractivity contribution in [1.29, 1.82) is 0 Å². The van der Waals surface area contributed by atoms with Gasteiger partial charge in [0.05, 0.1) is 6.20 Å². The average Bonchev–Trinajstić information content (AvgIpc) is 3.17. The highest BCUT2D eigenvalue weighted by Gasteiger charge is 2.22. The number of piperidine rings is 1. The number of nitrogens with zero attached hydrogens (tertiary/aromatic N) is 4. The molecule has 130 valence electrons. The zero-order valence-corrected chi connectivity index (χ0v) is 15.3. The number of aryl methyl sites for hydroxylation is 1. The molecule has 1 amide bonds. The van der Waals surface area contributed by atoms with Crippen molar-refractivity contribution in [2.45, 2.75) is 32.7 Å². The van der Waals surface area contributed by atoms with E-state index in [-0.39, 0.29) is 11.9 Å². The van der Waals surface area contributed by atoms with E-state index in [9.17, 15) is 4.79 Å². The second-order valence-electron chi connectivity index (χ2n) is 6.88. The van der Waals surface area contributed by atoms with Gasteiger partial charge in [-0.25, -0.2) is 4.98 Å². The third-order valence-corrected chi connectivity index (χ3v) is 5.13. The van der Waals surface area contributed by atoms with Crippen LogP contribution in [0.4, 0.5) is 0 Å². The minimum atomic E-state index is -0.0660. The molecule has 0 atom stereocenters. The summed E-state index contributed by atoms with van der Waals surface area (Å²) in [5, 5.41) is 9.94. The highest BCUT2D eigenvalue weighted by atomic mass is 32.1. The Balaban J connectivity index is 1.54. The smallest absolute Gasteiger partial charge is 0.270 e. The molecule has 1 saturated heterocycles. The Bertz CT molecular complexity index is 685. The van der Waals surface area contributed by atoms with Crippen LogP contribution in [-0.2, 0) is 7.05 Å². The first kappa shape index (κ1) is 17.1. The molecule has 7 heteroatoms. The monoisotopic (exact) mass is 347 g/mol. The molecular formula is C17H25N5OS. The molecule has 6 nitrogen and oxygen atoms in total. The minimum Gasteiger partial charge on any atom is -0.348 e. The van der Waals surface area contributed by atoms with Crippen LogP contribution in [0.3, 0.4) is 0 Å². The summed E-state index contributed by atoms with van der Waals surface area (Å²) in [6.07, 6.45) is 5.70. The lowest BCUT2D eigenvalue weighted by molar-refractivity contribution is 0.0903. The number of carbonyl (C=O) groups is 1. The Kier molecular flexibility index (Phi) is 5.30. The number of aromatic nitrogens is 3. The predicted octanol–water partition coefficient (Wildman–Crippen LogP) is 2.39. The summed E-state index contributed by atoms with van der Waals surface area (Å²) in [4.78, 5) is 19.4. The quantitative estimate of drug-likeness (QED) is 0.902. The highest BCUT2D eigenvalue weighted by Crippen LogP contribution is 2.23. The first-order valence-electron chi connectivity index (χ1n) is 8.49. The summed E-state index contributed by atoms with van der Waals surface area (Å²) < 4.78 is 1.74. The number of nitrogens with one attached hydrogen (secondary N) is 1. The molecule has 0 radical (unpaired) electrons. The molecule has 0 aromatic carbocycles. The van der Waals surface area contributed by atoms with E-state index in [2.05, 4.69) is 34.1 Å². The van der Waals surface area contributed by atoms with Crippen LogP contribution in [0.1, 0.15) is 37.2 Å². The summed E-state index contributed by atoms with van der Waals surface area (Å²) in [5.41, 5.74) is 1.45. The largest absolute Gasteiger partial charge is 0.348 e. The maximum absolute atomic E-state index is 12.4. The lowest BCUT2D eigenvalue weighted by Gasteiger charge is -2.33. The maximum atomic E-state index is 12.4. The maximum Gasteiger partial charge on any atom is 0.270 e. The molecule has 3 heterocycles. The Morgan fingerprint density at radius 1 is 1.42 bits per heavy atom. The van der Waals surface area contributed by atoms with Crippen LogP contribution in [0.25, 0.3) is 10.6 Å². The van der Waals surface area contributed by atoms with Crippen molar-refractivity contribution in [2.75, 3.05) is 19.6 Å². The molecule has 24 heavy (non-hydrogen) atoms. The van der Waals surface area contributed by atoms with E-state index in [0.717, 1.165) is 43.0 Å². The molecule has 1 N–H and O–H groups in total. The first-order valence-corrected chi connectivity index (χ1v) is 9.37. The van der Waals surface area contributed by atoms with E-state index in [0.29, 0.717) is 11.6 Å². The Labute approximate surface area is 146 Å². The van der Waals surface area contributed by atoms with E-state index >= 15 is 0 Å². The van der Waals surface area contributed by atoms with Gasteiger partial charge in [0.2, 0.25) is 0 Å². The Hall–Kier alpha value is -1.73. The summed E-state index contributed by atoms with van der Waals surface area (Å²) in [6, 6.07) is 0.254. The molecule has 1 aliphatic heterocycles. The molecule has 0 spiro atoms. The van der Waals surface area contributed by atoms with E-state index in [1.165, 1.54) is 11.3 Å². The SMILES string of the molecule is CC(C)CN1CCC(NC(=O)c2csc(-c3cnn(C)c3)n2)CC1. The summed E-state index contributed by atoms with van der Waals surface area (Å²) in [5.74, 6) is 0.626. The van der Waals surface area contributed by atoms with Crippen molar-refractivity contribution in [3.63, 3.8) is 0 Å². The first-order chi connectivity index (χ1) is 11.5. The molecule has 2 aromatic heterocycles. The molecular weight excluding hydrogens is 322 g/mol. The van der Waals surface area contributed by atoms with Crippen LogP contribution in [0, 0.1) is 5.92 Å². The van der Waals surface area contributed by atoms with E-state index in [1.54, 1.807) is 10.9 Å². The topological polar surface area (TPSA) is 63.1 Å². The fraction of sp³-hybridized carbons (Fsp3) is 0.588. The number of thiazole rings is 1. The lowest BCUT2D eigenvalue weighted by atomic mass is 10.0. The third-order valence-electron chi connectivity index (χ3n) is 4.23. The van der Waals surface area contributed by atoms with Crippen LogP contribution in [0.5, 0.6) is 0 Å². The fourth-order valence-corrected chi connectivity index (χ4v) is 3.85. The molecule has 0 aliphatic carbocycles. The predicted molar refractivity (Wildman–Crippen MR) is 96.1 cm³/mol. The van der Waals surface area contributed by atoms with Gasteiger partial charge in [0.15, 0.2) is 0 Å². The molecule has 1 aliphatic rings. The third kappa shape index (κ3) is 4.21. The van der Waals surface area contributed by atoms with Crippen molar-refractivity contribution in [3.05, 3.63) is 23.5 Å². The van der Waals surface area contributed by atoms with E-state index in [4.69, 9.17) is 0 Å². The van der Waals surface area contributed by atoms with Crippen LogP contribution < -0.4 is 5.32 Å².